The Morgan fingerprint density at radius 3 is 2.67 bits per heavy atom. The molecule has 1 heterocycles. The molecule has 0 saturated heterocycles. The van der Waals surface area contributed by atoms with Gasteiger partial charge in [0.1, 0.15) is 0 Å². The van der Waals surface area contributed by atoms with E-state index in [1.807, 2.05) is 17.5 Å². The number of carbonyl (C=O) groups excluding carboxylic acids is 1. The Bertz CT molecular complexity index is 624. The van der Waals surface area contributed by atoms with Crippen molar-refractivity contribution in [3.63, 3.8) is 0 Å². The molecule has 3 N–H and O–H groups in total. The predicted octanol–water partition coefficient (Wildman–Crippen LogP) is 3.32. The summed E-state index contributed by atoms with van der Waals surface area (Å²) in [6.07, 6.45) is -3.93. The van der Waals surface area contributed by atoms with E-state index in [-0.39, 0.29) is 5.56 Å². The van der Waals surface area contributed by atoms with Gasteiger partial charge in [0.15, 0.2) is 0 Å². The predicted molar refractivity (Wildman–Crippen MR) is 76.2 cm³/mol. The first kappa shape index (κ1) is 15.4. The Kier molecular flexibility index (Phi) is 4.52. The summed E-state index contributed by atoms with van der Waals surface area (Å²) >= 11 is 1.56. The maximum absolute atomic E-state index is 12.7. The maximum Gasteiger partial charge on any atom is 0.418 e. The van der Waals surface area contributed by atoms with Crippen LogP contribution in [0.2, 0.25) is 0 Å². The molecule has 112 valence electrons. The van der Waals surface area contributed by atoms with E-state index >= 15 is 0 Å². The fraction of sp³-hybridized carbons (Fsp3) is 0.214. The van der Waals surface area contributed by atoms with Crippen LogP contribution in [0.25, 0.3) is 0 Å². The highest BCUT2D eigenvalue weighted by atomic mass is 32.1. The van der Waals surface area contributed by atoms with Crippen molar-refractivity contribution in [2.75, 3.05) is 12.3 Å². The number of benzene rings is 1. The lowest BCUT2D eigenvalue weighted by Crippen LogP contribution is -2.26. The zero-order valence-electron chi connectivity index (χ0n) is 10.9. The van der Waals surface area contributed by atoms with Gasteiger partial charge in [0.2, 0.25) is 0 Å². The molecular weight excluding hydrogens is 301 g/mol. The molecule has 2 rings (SSSR count). The van der Waals surface area contributed by atoms with E-state index in [9.17, 15) is 18.0 Å². The summed E-state index contributed by atoms with van der Waals surface area (Å²) in [6, 6.07) is 6.98. The maximum atomic E-state index is 12.7. The van der Waals surface area contributed by atoms with Gasteiger partial charge in [-0.3, -0.25) is 4.79 Å². The molecule has 1 aromatic heterocycles. The van der Waals surface area contributed by atoms with Crippen LogP contribution < -0.4 is 11.1 Å². The quantitative estimate of drug-likeness (QED) is 0.851. The van der Waals surface area contributed by atoms with E-state index in [1.54, 1.807) is 11.3 Å². The van der Waals surface area contributed by atoms with Gasteiger partial charge in [-0.1, -0.05) is 6.07 Å². The number of nitrogen functional groups attached to an aromatic ring is 1. The number of halogens is 3. The Balaban J connectivity index is 2.02. The summed E-state index contributed by atoms with van der Waals surface area (Å²) in [5, 5.41) is 4.52. The first-order valence-electron chi connectivity index (χ1n) is 6.15. The van der Waals surface area contributed by atoms with Gasteiger partial charge in [-0.2, -0.15) is 13.2 Å². The molecule has 1 amide bonds. The fourth-order valence-corrected chi connectivity index (χ4v) is 2.51. The molecule has 0 unspecified atom stereocenters. The van der Waals surface area contributed by atoms with Crippen LogP contribution in [-0.4, -0.2) is 12.5 Å². The van der Waals surface area contributed by atoms with E-state index in [0.29, 0.717) is 13.0 Å². The molecule has 21 heavy (non-hydrogen) atoms. The number of amides is 1. The molecule has 0 fully saturated rings. The number of carbonyl (C=O) groups is 1. The largest absolute Gasteiger partial charge is 0.418 e. The van der Waals surface area contributed by atoms with Gasteiger partial charge in [0, 0.05) is 22.7 Å². The van der Waals surface area contributed by atoms with Gasteiger partial charge in [0.05, 0.1) is 5.56 Å². The molecule has 3 nitrogen and oxygen atoms in total. The van der Waals surface area contributed by atoms with E-state index in [2.05, 4.69) is 5.32 Å². The van der Waals surface area contributed by atoms with Crippen molar-refractivity contribution in [2.24, 2.45) is 0 Å². The highest BCUT2D eigenvalue weighted by Crippen LogP contribution is 2.33. The molecule has 0 aliphatic rings. The van der Waals surface area contributed by atoms with Crippen molar-refractivity contribution in [3.05, 3.63) is 51.7 Å². The third-order valence-electron chi connectivity index (χ3n) is 2.86. The third-order valence-corrected chi connectivity index (χ3v) is 3.79. The second-order valence-corrected chi connectivity index (χ2v) is 5.42. The van der Waals surface area contributed by atoms with Crippen molar-refractivity contribution in [1.29, 1.82) is 0 Å². The van der Waals surface area contributed by atoms with Crippen molar-refractivity contribution < 1.29 is 18.0 Å². The number of thiophene rings is 1. The Morgan fingerprint density at radius 1 is 1.29 bits per heavy atom. The summed E-state index contributed by atoms with van der Waals surface area (Å²) < 4.78 is 38.2. The molecule has 0 aliphatic heterocycles. The summed E-state index contributed by atoms with van der Waals surface area (Å²) in [5.41, 5.74) is 3.85. The summed E-state index contributed by atoms with van der Waals surface area (Å²) in [4.78, 5) is 12.9. The average molecular weight is 314 g/mol. The molecule has 0 spiro atoms. The molecule has 7 heteroatoms. The zero-order chi connectivity index (χ0) is 15.5. The Labute approximate surface area is 123 Å². The van der Waals surface area contributed by atoms with Crippen molar-refractivity contribution >= 4 is 22.9 Å². The van der Waals surface area contributed by atoms with Crippen LogP contribution in [-0.2, 0) is 12.6 Å². The lowest BCUT2D eigenvalue weighted by atomic mass is 10.1. The third kappa shape index (κ3) is 3.98. The molecule has 1 aromatic carbocycles. The topological polar surface area (TPSA) is 55.1 Å². The molecule has 0 atom stereocenters. The van der Waals surface area contributed by atoms with Gasteiger partial charge in [-0.25, -0.2) is 0 Å². The van der Waals surface area contributed by atoms with Crippen LogP contribution >= 0.6 is 11.3 Å². The standard InChI is InChI=1S/C14H13F3N2OS/c15-14(16,17)11-8-9(3-4-12(11)18)13(20)19-6-5-10-2-1-7-21-10/h1-4,7-8H,5-6,18H2,(H,19,20). The number of nitrogens with two attached hydrogens (primary N) is 1. The number of nitrogens with one attached hydrogen (secondary N) is 1. The smallest absolute Gasteiger partial charge is 0.398 e. The van der Waals surface area contributed by atoms with Crippen LogP contribution in [0, 0.1) is 0 Å². The van der Waals surface area contributed by atoms with Crippen molar-refractivity contribution in [2.45, 2.75) is 12.6 Å². The fourth-order valence-electron chi connectivity index (χ4n) is 1.80. The number of alkyl halides is 3. The summed E-state index contributed by atoms with van der Waals surface area (Å²) in [7, 11) is 0. The molecular formula is C14H13F3N2OS. The first-order chi connectivity index (χ1) is 9.88. The normalized spacial score (nSPS) is 11.4. The number of hydrogen-bond acceptors (Lipinski definition) is 3. The van der Waals surface area contributed by atoms with Gasteiger partial charge in [-0.05, 0) is 36.1 Å². The lowest BCUT2D eigenvalue weighted by Gasteiger charge is -2.11. The highest BCUT2D eigenvalue weighted by Gasteiger charge is 2.33. The van der Waals surface area contributed by atoms with E-state index in [1.165, 1.54) is 6.07 Å². The van der Waals surface area contributed by atoms with Crippen molar-refractivity contribution in [1.82, 2.24) is 5.32 Å². The Morgan fingerprint density at radius 2 is 2.05 bits per heavy atom. The van der Waals surface area contributed by atoms with Gasteiger partial charge >= 0.3 is 6.18 Å². The monoisotopic (exact) mass is 314 g/mol. The average Bonchev–Trinajstić information content (AvgIpc) is 2.91. The number of anilines is 1. The minimum Gasteiger partial charge on any atom is -0.398 e. The van der Waals surface area contributed by atoms with Crippen LogP contribution in [0.4, 0.5) is 18.9 Å². The molecule has 2 aromatic rings. The highest BCUT2D eigenvalue weighted by molar-refractivity contribution is 7.09. The van der Waals surface area contributed by atoms with Gasteiger partial charge < -0.3 is 11.1 Å². The first-order valence-corrected chi connectivity index (χ1v) is 7.03. The van der Waals surface area contributed by atoms with Crippen LogP contribution in [0.15, 0.2) is 35.7 Å². The summed E-state index contributed by atoms with van der Waals surface area (Å²) in [5.74, 6) is -0.544. The molecule has 0 bridgehead atoms. The molecule has 0 aliphatic carbocycles. The van der Waals surface area contributed by atoms with Gasteiger partial charge in [-0.15, -0.1) is 11.3 Å². The van der Waals surface area contributed by atoms with E-state index < -0.39 is 23.3 Å². The second kappa shape index (κ2) is 6.17. The van der Waals surface area contributed by atoms with Crippen molar-refractivity contribution in [3.8, 4) is 0 Å². The van der Waals surface area contributed by atoms with Crippen LogP contribution in [0.3, 0.4) is 0 Å². The van der Waals surface area contributed by atoms with Crippen LogP contribution in [0.1, 0.15) is 20.8 Å². The number of rotatable bonds is 4. The zero-order valence-corrected chi connectivity index (χ0v) is 11.7. The minimum atomic E-state index is -4.57. The van der Waals surface area contributed by atoms with E-state index in [4.69, 9.17) is 5.73 Å². The molecule has 0 saturated carbocycles. The second-order valence-electron chi connectivity index (χ2n) is 4.39. The van der Waals surface area contributed by atoms with Gasteiger partial charge in [0.25, 0.3) is 5.91 Å². The Hall–Kier alpha value is -2.02. The SMILES string of the molecule is Nc1ccc(C(=O)NCCc2cccs2)cc1C(F)(F)F. The molecule has 0 radical (unpaired) electrons. The number of hydrogen-bond donors (Lipinski definition) is 2. The summed E-state index contributed by atoms with van der Waals surface area (Å²) in [6.45, 7) is 0.366. The van der Waals surface area contributed by atoms with E-state index in [0.717, 1.165) is 17.0 Å². The van der Waals surface area contributed by atoms with Crippen LogP contribution in [0.5, 0.6) is 0 Å². The lowest BCUT2D eigenvalue weighted by molar-refractivity contribution is -0.136. The minimum absolute atomic E-state index is 0.0531.